The molecule has 90 valence electrons. The second-order valence-electron chi connectivity index (χ2n) is 3.82. The summed E-state index contributed by atoms with van der Waals surface area (Å²) in [6, 6.07) is 7.70. The summed E-state index contributed by atoms with van der Waals surface area (Å²) in [6.45, 7) is 2.10. The normalized spacial score (nSPS) is 10.9. The van der Waals surface area contributed by atoms with Gasteiger partial charge in [-0.05, 0) is 19.1 Å². The van der Waals surface area contributed by atoms with Crippen LogP contribution in [0.3, 0.4) is 0 Å². The smallest absolute Gasteiger partial charge is 0.359 e. The fraction of sp³-hybridized carbons (Fsp3) is 0.154. The van der Waals surface area contributed by atoms with Crippen molar-refractivity contribution in [2.45, 2.75) is 6.92 Å². The molecular formula is C13H11N3O2. The van der Waals surface area contributed by atoms with Crippen molar-refractivity contribution in [2.75, 3.05) is 6.61 Å². The van der Waals surface area contributed by atoms with Crippen molar-refractivity contribution in [3.63, 3.8) is 0 Å². The Labute approximate surface area is 103 Å². The van der Waals surface area contributed by atoms with Gasteiger partial charge in [0.2, 0.25) is 0 Å². The summed E-state index contributed by atoms with van der Waals surface area (Å²) in [5, 5.41) is 0. The number of para-hydroxylation sites is 2. The molecular weight excluding hydrogens is 230 g/mol. The van der Waals surface area contributed by atoms with Gasteiger partial charge >= 0.3 is 5.97 Å². The van der Waals surface area contributed by atoms with Crippen LogP contribution in [0.4, 0.5) is 0 Å². The monoisotopic (exact) mass is 241 g/mol. The third-order valence-electron chi connectivity index (χ3n) is 2.74. The number of ether oxygens (including phenoxy) is 1. The number of carbonyl (C=O) groups excluding carboxylic acids is 1. The summed E-state index contributed by atoms with van der Waals surface area (Å²) in [7, 11) is 0. The molecule has 0 unspecified atom stereocenters. The number of hydrogen-bond donors (Lipinski definition) is 0. The molecule has 2 aromatic heterocycles. The summed E-state index contributed by atoms with van der Waals surface area (Å²) >= 11 is 0. The van der Waals surface area contributed by atoms with E-state index in [1.54, 1.807) is 19.4 Å². The van der Waals surface area contributed by atoms with Crippen molar-refractivity contribution in [1.29, 1.82) is 0 Å². The number of hydrogen-bond acceptors (Lipinski definition) is 4. The van der Waals surface area contributed by atoms with E-state index in [1.165, 1.54) is 0 Å². The summed E-state index contributed by atoms with van der Waals surface area (Å²) in [4.78, 5) is 20.2. The van der Waals surface area contributed by atoms with Crippen molar-refractivity contribution >= 4 is 22.5 Å². The van der Waals surface area contributed by atoms with Crippen LogP contribution in [0.25, 0.3) is 16.6 Å². The molecule has 0 aliphatic rings. The van der Waals surface area contributed by atoms with Gasteiger partial charge in [-0.25, -0.2) is 9.78 Å². The molecule has 0 saturated heterocycles. The van der Waals surface area contributed by atoms with E-state index in [0.717, 1.165) is 11.0 Å². The number of fused-ring (bicyclic) bond motifs is 3. The predicted octanol–water partition coefficient (Wildman–Crippen LogP) is 2.06. The van der Waals surface area contributed by atoms with E-state index in [0.29, 0.717) is 17.8 Å². The van der Waals surface area contributed by atoms with Crippen LogP contribution in [0.1, 0.15) is 17.4 Å². The Bertz CT molecular complexity index is 733. The SMILES string of the molecule is CCOC(=O)c1ncn2c1cnc1ccccc12. The lowest BCUT2D eigenvalue weighted by atomic mass is 10.3. The first-order valence-electron chi connectivity index (χ1n) is 5.69. The minimum atomic E-state index is -0.419. The summed E-state index contributed by atoms with van der Waals surface area (Å²) in [5.41, 5.74) is 2.73. The molecule has 3 rings (SSSR count). The van der Waals surface area contributed by atoms with E-state index in [2.05, 4.69) is 9.97 Å². The van der Waals surface area contributed by atoms with Crippen LogP contribution in [0.2, 0.25) is 0 Å². The highest BCUT2D eigenvalue weighted by atomic mass is 16.5. The Morgan fingerprint density at radius 1 is 1.28 bits per heavy atom. The van der Waals surface area contributed by atoms with Gasteiger partial charge in [0.1, 0.15) is 6.33 Å². The zero-order valence-electron chi connectivity index (χ0n) is 9.83. The lowest BCUT2D eigenvalue weighted by molar-refractivity contribution is 0.0522. The van der Waals surface area contributed by atoms with Gasteiger partial charge in [0.25, 0.3) is 0 Å². The Morgan fingerprint density at radius 2 is 2.11 bits per heavy atom. The molecule has 0 atom stereocenters. The average Bonchev–Trinajstić information content (AvgIpc) is 2.83. The largest absolute Gasteiger partial charge is 0.461 e. The Kier molecular flexibility index (Phi) is 2.44. The molecule has 0 amide bonds. The van der Waals surface area contributed by atoms with Gasteiger partial charge in [-0.1, -0.05) is 12.1 Å². The van der Waals surface area contributed by atoms with E-state index in [-0.39, 0.29) is 0 Å². The molecule has 3 aromatic rings. The van der Waals surface area contributed by atoms with Crippen LogP contribution in [-0.2, 0) is 4.74 Å². The van der Waals surface area contributed by atoms with E-state index < -0.39 is 5.97 Å². The lowest BCUT2D eigenvalue weighted by Crippen LogP contribution is -2.05. The van der Waals surface area contributed by atoms with Gasteiger partial charge in [-0.2, -0.15) is 0 Å². The Hall–Kier alpha value is -2.43. The average molecular weight is 241 g/mol. The second kappa shape index (κ2) is 4.10. The zero-order valence-corrected chi connectivity index (χ0v) is 9.83. The van der Waals surface area contributed by atoms with Crippen LogP contribution >= 0.6 is 0 Å². The van der Waals surface area contributed by atoms with Crippen molar-refractivity contribution in [1.82, 2.24) is 14.4 Å². The third kappa shape index (κ3) is 1.52. The maximum absolute atomic E-state index is 11.7. The standard InChI is InChI=1S/C13H11N3O2/c1-2-18-13(17)12-11-7-14-9-5-3-4-6-10(9)16(11)8-15-12/h3-8H,2H2,1H3. The van der Waals surface area contributed by atoms with Gasteiger partial charge in [0.05, 0.1) is 29.4 Å². The van der Waals surface area contributed by atoms with Crippen molar-refractivity contribution in [2.24, 2.45) is 0 Å². The molecule has 5 heteroatoms. The molecule has 2 heterocycles. The summed E-state index contributed by atoms with van der Waals surface area (Å²) in [6.07, 6.45) is 3.26. The number of esters is 1. The highest BCUT2D eigenvalue weighted by molar-refractivity contribution is 5.96. The number of imidazole rings is 1. The van der Waals surface area contributed by atoms with E-state index in [1.807, 2.05) is 28.7 Å². The molecule has 0 bridgehead atoms. The summed E-state index contributed by atoms with van der Waals surface area (Å²) in [5.74, 6) is -0.419. The summed E-state index contributed by atoms with van der Waals surface area (Å²) < 4.78 is 6.81. The molecule has 0 fully saturated rings. The zero-order chi connectivity index (χ0) is 12.5. The van der Waals surface area contributed by atoms with Crippen LogP contribution in [0.5, 0.6) is 0 Å². The molecule has 0 aliphatic carbocycles. The van der Waals surface area contributed by atoms with Gasteiger partial charge in [0, 0.05) is 0 Å². The van der Waals surface area contributed by atoms with Crippen LogP contribution in [0.15, 0.2) is 36.8 Å². The molecule has 0 saturated carbocycles. The van der Waals surface area contributed by atoms with Crippen molar-refractivity contribution < 1.29 is 9.53 Å². The van der Waals surface area contributed by atoms with E-state index in [4.69, 9.17) is 4.74 Å². The minimum Gasteiger partial charge on any atom is -0.461 e. The highest BCUT2D eigenvalue weighted by Crippen LogP contribution is 2.17. The van der Waals surface area contributed by atoms with Gasteiger partial charge in [-0.15, -0.1) is 0 Å². The fourth-order valence-electron chi connectivity index (χ4n) is 1.94. The minimum absolute atomic E-state index is 0.301. The third-order valence-corrected chi connectivity index (χ3v) is 2.74. The number of carbonyl (C=O) groups is 1. The first kappa shape index (κ1) is 10.7. The fourth-order valence-corrected chi connectivity index (χ4v) is 1.94. The number of aromatic nitrogens is 3. The van der Waals surface area contributed by atoms with Crippen molar-refractivity contribution in [3.05, 3.63) is 42.5 Å². The molecule has 1 aromatic carbocycles. The molecule has 0 aliphatic heterocycles. The highest BCUT2D eigenvalue weighted by Gasteiger charge is 2.15. The number of nitrogens with zero attached hydrogens (tertiary/aromatic N) is 3. The van der Waals surface area contributed by atoms with E-state index >= 15 is 0 Å². The first-order chi connectivity index (χ1) is 8.81. The van der Waals surface area contributed by atoms with Gasteiger partial charge in [0.15, 0.2) is 5.69 Å². The van der Waals surface area contributed by atoms with Gasteiger partial charge in [-0.3, -0.25) is 9.38 Å². The molecule has 18 heavy (non-hydrogen) atoms. The molecule has 0 radical (unpaired) electrons. The second-order valence-corrected chi connectivity index (χ2v) is 3.82. The maximum atomic E-state index is 11.7. The lowest BCUT2D eigenvalue weighted by Gasteiger charge is -2.02. The number of rotatable bonds is 2. The first-order valence-corrected chi connectivity index (χ1v) is 5.69. The maximum Gasteiger partial charge on any atom is 0.359 e. The molecule has 0 spiro atoms. The van der Waals surface area contributed by atoms with Crippen molar-refractivity contribution in [3.8, 4) is 0 Å². The topological polar surface area (TPSA) is 56.5 Å². The van der Waals surface area contributed by atoms with Crippen LogP contribution in [0, 0.1) is 0 Å². The van der Waals surface area contributed by atoms with Crippen LogP contribution < -0.4 is 0 Å². The van der Waals surface area contributed by atoms with E-state index in [9.17, 15) is 4.79 Å². The van der Waals surface area contributed by atoms with Gasteiger partial charge < -0.3 is 4.74 Å². The quantitative estimate of drug-likeness (QED) is 0.644. The predicted molar refractivity (Wildman–Crippen MR) is 66.4 cm³/mol. The molecule has 5 nitrogen and oxygen atoms in total. The Morgan fingerprint density at radius 3 is 2.94 bits per heavy atom. The number of benzene rings is 1. The van der Waals surface area contributed by atoms with Crippen LogP contribution in [-0.4, -0.2) is 26.9 Å². The Balaban J connectivity index is 2.26. The molecule has 0 N–H and O–H groups in total.